The van der Waals surface area contributed by atoms with Crippen molar-refractivity contribution in [3.63, 3.8) is 0 Å². The molecule has 2 atom stereocenters. The van der Waals surface area contributed by atoms with Crippen LogP contribution in [0.25, 0.3) is 0 Å². The number of methoxy groups -OCH3 is 1. The van der Waals surface area contributed by atoms with Crippen molar-refractivity contribution in [2.75, 3.05) is 25.6 Å². The molecule has 6 rings (SSSR count). The summed E-state index contributed by atoms with van der Waals surface area (Å²) in [6, 6.07) is 4.83. The van der Waals surface area contributed by atoms with E-state index < -0.39 is 0 Å². The van der Waals surface area contributed by atoms with Crippen molar-refractivity contribution in [3.8, 4) is 5.75 Å². The smallest absolute Gasteiger partial charge is 0.256 e. The summed E-state index contributed by atoms with van der Waals surface area (Å²) in [5.41, 5.74) is 1.57. The number of allylic oxidation sites excluding steroid dienone is 6. The number of carbonyl (C=O) groups excluding carboxylic acids is 2. The Labute approximate surface area is 244 Å². The summed E-state index contributed by atoms with van der Waals surface area (Å²) in [7, 11) is 1.69. The Kier molecular flexibility index (Phi) is 7.71. The zero-order valence-electron chi connectivity index (χ0n) is 23.1. The van der Waals surface area contributed by atoms with E-state index in [0.29, 0.717) is 34.7 Å². The van der Waals surface area contributed by atoms with Gasteiger partial charge in [-0.3, -0.25) is 9.59 Å². The number of nitrogens with one attached hydrogen (secondary N) is 2. The molecule has 9 nitrogen and oxygen atoms in total. The first-order valence-electron chi connectivity index (χ1n) is 14.2. The lowest BCUT2D eigenvalue weighted by Gasteiger charge is -2.45. The highest BCUT2D eigenvalue weighted by Crippen LogP contribution is 2.49. The van der Waals surface area contributed by atoms with Gasteiger partial charge in [0.25, 0.3) is 11.8 Å². The predicted octanol–water partition coefficient (Wildman–Crippen LogP) is 5.59. The van der Waals surface area contributed by atoms with Crippen LogP contribution in [0.15, 0.2) is 66.0 Å². The largest absolute Gasteiger partial charge is 0.497 e. The van der Waals surface area contributed by atoms with Gasteiger partial charge in [0.2, 0.25) is 5.95 Å². The van der Waals surface area contributed by atoms with Crippen LogP contribution in [0, 0.1) is 5.41 Å². The zero-order chi connectivity index (χ0) is 28.4. The summed E-state index contributed by atoms with van der Waals surface area (Å²) < 4.78 is 12.9. The van der Waals surface area contributed by atoms with E-state index in [0.717, 1.165) is 44.3 Å². The van der Waals surface area contributed by atoms with Crippen molar-refractivity contribution in [1.82, 2.24) is 20.1 Å². The molecule has 1 saturated carbocycles. The van der Waals surface area contributed by atoms with Gasteiger partial charge in [-0.15, -0.1) is 5.10 Å². The lowest BCUT2D eigenvalue weighted by Crippen LogP contribution is -2.44. The minimum atomic E-state index is -0.330. The molecule has 1 fully saturated rings. The van der Waals surface area contributed by atoms with Crippen molar-refractivity contribution in [2.45, 2.75) is 56.9 Å². The number of carbonyl (C=O) groups is 2. The second-order valence-corrected chi connectivity index (χ2v) is 11.5. The molecule has 214 valence electrons. The number of ether oxygens (including phenoxy) is 2. The molecule has 10 heteroatoms. The molecule has 2 heterocycles. The van der Waals surface area contributed by atoms with Gasteiger partial charge in [0.1, 0.15) is 18.1 Å². The van der Waals surface area contributed by atoms with Crippen LogP contribution in [-0.2, 0) is 4.74 Å². The normalized spacial score (nSPS) is 22.5. The van der Waals surface area contributed by atoms with E-state index in [-0.39, 0.29) is 42.2 Å². The van der Waals surface area contributed by atoms with E-state index in [1.54, 1.807) is 25.3 Å². The van der Waals surface area contributed by atoms with Crippen LogP contribution in [0.3, 0.4) is 0 Å². The minimum Gasteiger partial charge on any atom is -0.497 e. The van der Waals surface area contributed by atoms with Crippen molar-refractivity contribution < 1.29 is 19.1 Å². The predicted molar refractivity (Wildman–Crippen MR) is 156 cm³/mol. The van der Waals surface area contributed by atoms with E-state index in [4.69, 9.17) is 21.1 Å². The molecular formula is C31H34ClN5O4. The number of rotatable bonds is 9. The molecule has 0 saturated heterocycles. The van der Waals surface area contributed by atoms with Crippen LogP contribution in [0.1, 0.15) is 71.8 Å². The Hall–Kier alpha value is -3.85. The number of amides is 1. The summed E-state index contributed by atoms with van der Waals surface area (Å²) in [6.45, 7) is 0.686. The van der Waals surface area contributed by atoms with Gasteiger partial charge in [-0.2, -0.15) is 9.67 Å². The monoisotopic (exact) mass is 575 g/mol. The maximum atomic E-state index is 13.5. The first-order valence-corrected chi connectivity index (χ1v) is 14.6. The van der Waals surface area contributed by atoms with Gasteiger partial charge in [-0.25, -0.2) is 0 Å². The van der Waals surface area contributed by atoms with Gasteiger partial charge in [-0.1, -0.05) is 54.0 Å². The highest BCUT2D eigenvalue weighted by Gasteiger charge is 2.41. The minimum absolute atomic E-state index is 0.0434. The topological polar surface area (TPSA) is 107 Å². The lowest BCUT2D eigenvalue weighted by atomic mass is 9.62. The van der Waals surface area contributed by atoms with Crippen LogP contribution in [-0.4, -0.2) is 52.9 Å². The molecule has 2 aromatic rings. The van der Waals surface area contributed by atoms with E-state index >= 15 is 0 Å². The van der Waals surface area contributed by atoms with Crippen LogP contribution in [0.4, 0.5) is 5.95 Å². The van der Waals surface area contributed by atoms with Crippen LogP contribution in [0.5, 0.6) is 5.75 Å². The van der Waals surface area contributed by atoms with E-state index in [1.165, 1.54) is 10.3 Å². The highest BCUT2D eigenvalue weighted by molar-refractivity contribution is 6.34. The number of hydrogen-bond donors (Lipinski definition) is 2. The molecule has 41 heavy (non-hydrogen) atoms. The van der Waals surface area contributed by atoms with Crippen molar-refractivity contribution >= 4 is 29.4 Å². The number of nitrogens with zero attached hydrogens (tertiary/aromatic N) is 3. The summed E-state index contributed by atoms with van der Waals surface area (Å²) in [6.07, 6.45) is 18.4. The number of hydrogen-bond acceptors (Lipinski definition) is 7. The molecular weight excluding hydrogens is 542 g/mol. The molecule has 4 aliphatic rings. The van der Waals surface area contributed by atoms with Crippen molar-refractivity contribution in [3.05, 3.63) is 82.4 Å². The van der Waals surface area contributed by atoms with Gasteiger partial charge in [0, 0.05) is 17.9 Å². The average molecular weight is 576 g/mol. The van der Waals surface area contributed by atoms with Gasteiger partial charge in [0.05, 0.1) is 30.2 Å². The fraction of sp³-hybridized carbons (Fsp3) is 0.419. The first-order chi connectivity index (χ1) is 20.0. The first kappa shape index (κ1) is 27.3. The molecule has 0 spiro atoms. The zero-order valence-corrected chi connectivity index (χ0v) is 23.8. The van der Waals surface area contributed by atoms with Gasteiger partial charge in [0.15, 0.2) is 5.82 Å². The van der Waals surface area contributed by atoms with Gasteiger partial charge in [-0.05, 0) is 56.4 Å². The van der Waals surface area contributed by atoms with E-state index in [9.17, 15) is 9.59 Å². The molecule has 0 bridgehead atoms. The Morgan fingerprint density at radius 2 is 2.17 bits per heavy atom. The third-order valence-corrected chi connectivity index (χ3v) is 8.77. The number of anilines is 1. The molecule has 1 aromatic heterocycles. The SMILES string of the molecule is COC1=CCCC(C2(CNC(=O)c3c(Cl)cccc3OCC3CC(=O)n4nc(C5C=CC=CC5)nc4N3)CCC2)=C1. The van der Waals surface area contributed by atoms with Crippen LogP contribution in [0.2, 0.25) is 5.02 Å². The molecule has 3 aliphatic carbocycles. The summed E-state index contributed by atoms with van der Waals surface area (Å²) in [5, 5.41) is 11.2. The molecule has 0 radical (unpaired) electrons. The summed E-state index contributed by atoms with van der Waals surface area (Å²) in [4.78, 5) is 30.9. The maximum absolute atomic E-state index is 13.5. The second-order valence-electron chi connectivity index (χ2n) is 11.1. The third-order valence-electron chi connectivity index (χ3n) is 8.46. The van der Waals surface area contributed by atoms with E-state index in [1.807, 2.05) is 18.2 Å². The maximum Gasteiger partial charge on any atom is 0.256 e. The van der Waals surface area contributed by atoms with Crippen molar-refractivity contribution in [1.29, 1.82) is 0 Å². The number of aromatic nitrogens is 3. The third kappa shape index (κ3) is 5.55. The van der Waals surface area contributed by atoms with Crippen molar-refractivity contribution in [2.24, 2.45) is 5.41 Å². The Morgan fingerprint density at radius 3 is 2.93 bits per heavy atom. The number of fused-ring (bicyclic) bond motifs is 1. The summed E-state index contributed by atoms with van der Waals surface area (Å²) >= 11 is 6.52. The molecule has 1 aliphatic heterocycles. The average Bonchev–Trinajstić information content (AvgIpc) is 3.41. The Bertz CT molecular complexity index is 1470. The fourth-order valence-corrected chi connectivity index (χ4v) is 6.23. The highest BCUT2D eigenvalue weighted by atomic mass is 35.5. The fourth-order valence-electron chi connectivity index (χ4n) is 5.98. The molecule has 2 unspecified atom stereocenters. The number of halogens is 1. The van der Waals surface area contributed by atoms with Gasteiger partial charge >= 0.3 is 0 Å². The second kappa shape index (κ2) is 11.6. The quantitative estimate of drug-likeness (QED) is 0.401. The van der Waals surface area contributed by atoms with Crippen LogP contribution >= 0.6 is 11.6 Å². The Morgan fingerprint density at radius 1 is 1.29 bits per heavy atom. The molecule has 2 N–H and O–H groups in total. The summed E-state index contributed by atoms with van der Waals surface area (Å²) in [5.74, 6) is 1.90. The van der Waals surface area contributed by atoms with Gasteiger partial charge < -0.3 is 20.1 Å². The molecule has 1 aromatic carbocycles. The van der Waals surface area contributed by atoms with Crippen LogP contribution < -0.4 is 15.4 Å². The standard InChI is InChI=1S/C31H34ClN5O4/c1-40-23-11-5-10-21(16-23)31(14-7-15-31)19-33-29(39)27-24(32)12-6-13-25(27)41-18-22-17-26(38)37-30(34-22)35-28(36-37)20-8-3-2-4-9-20/h2-4,6,8,11-13,16,20,22H,5,7,9-10,14-15,17-19H2,1H3,(H,33,39)(H,34,35,36). The lowest BCUT2D eigenvalue weighted by molar-refractivity contribution is 0.0854. The Balaban J connectivity index is 1.12. The number of benzene rings is 1. The molecule has 1 amide bonds. The van der Waals surface area contributed by atoms with E-state index in [2.05, 4.69) is 38.9 Å².